The van der Waals surface area contributed by atoms with E-state index in [0.717, 1.165) is 31.2 Å². The number of hydrogen-bond donors (Lipinski definition) is 0. The Kier molecular flexibility index (Phi) is 3.07. The summed E-state index contributed by atoms with van der Waals surface area (Å²) in [5.74, 6) is 2.72. The molecule has 1 aliphatic heterocycles. The first-order chi connectivity index (χ1) is 10.7. The second-order valence-electron chi connectivity index (χ2n) is 5.54. The van der Waals surface area contributed by atoms with E-state index in [1.807, 2.05) is 0 Å². The van der Waals surface area contributed by atoms with Crippen LogP contribution in [0.15, 0.2) is 27.2 Å². The summed E-state index contributed by atoms with van der Waals surface area (Å²) >= 11 is 0. The first-order valence-corrected chi connectivity index (χ1v) is 7.32. The van der Waals surface area contributed by atoms with E-state index in [2.05, 4.69) is 38.5 Å². The Morgan fingerprint density at radius 1 is 1.23 bits per heavy atom. The molecule has 0 atom stereocenters. The zero-order chi connectivity index (χ0) is 15.1. The summed E-state index contributed by atoms with van der Waals surface area (Å²) < 4.78 is 13.2. The first-order valence-electron chi connectivity index (χ1n) is 7.32. The fraction of sp³-hybridized carbons (Fsp3) is 0.400. The Morgan fingerprint density at radius 2 is 2.14 bits per heavy atom. The molecule has 3 aromatic heterocycles. The van der Waals surface area contributed by atoms with Gasteiger partial charge in [-0.1, -0.05) is 0 Å². The molecule has 7 heteroatoms. The topological polar surface area (TPSA) is 73.1 Å². The molecule has 114 valence electrons. The summed E-state index contributed by atoms with van der Waals surface area (Å²) in [5, 5.41) is 8.13. The van der Waals surface area contributed by atoms with Crippen LogP contribution in [0, 0.1) is 13.8 Å². The zero-order valence-electron chi connectivity index (χ0n) is 12.6. The van der Waals surface area contributed by atoms with Crippen molar-refractivity contribution in [2.45, 2.75) is 33.5 Å². The Bertz CT molecular complexity index is 787. The molecule has 4 rings (SSSR count). The van der Waals surface area contributed by atoms with Gasteiger partial charge in [0, 0.05) is 18.8 Å². The van der Waals surface area contributed by atoms with Crippen molar-refractivity contribution in [3.05, 3.63) is 41.5 Å². The van der Waals surface area contributed by atoms with Crippen molar-refractivity contribution < 1.29 is 8.83 Å². The third kappa shape index (κ3) is 2.23. The molecule has 22 heavy (non-hydrogen) atoms. The van der Waals surface area contributed by atoms with Crippen molar-refractivity contribution in [1.29, 1.82) is 0 Å². The standard InChI is InChI=1S/C15H17N5O2/c1-10-11(2)20-6-5-19(8-13(20)16-10)9-14-17-18-15(22-14)12-4-3-7-21-12/h3-4,7H,5-6,8-9H2,1-2H3. The lowest BCUT2D eigenvalue weighted by molar-refractivity contribution is 0.189. The summed E-state index contributed by atoms with van der Waals surface area (Å²) in [4.78, 5) is 6.89. The van der Waals surface area contributed by atoms with Crippen molar-refractivity contribution in [2.24, 2.45) is 0 Å². The van der Waals surface area contributed by atoms with Crippen molar-refractivity contribution in [3.8, 4) is 11.7 Å². The zero-order valence-corrected chi connectivity index (χ0v) is 12.6. The van der Waals surface area contributed by atoms with Crippen molar-refractivity contribution >= 4 is 0 Å². The van der Waals surface area contributed by atoms with E-state index in [1.54, 1.807) is 18.4 Å². The monoisotopic (exact) mass is 299 g/mol. The van der Waals surface area contributed by atoms with E-state index in [1.165, 1.54) is 5.69 Å². The van der Waals surface area contributed by atoms with Crippen LogP contribution < -0.4 is 0 Å². The van der Waals surface area contributed by atoms with Gasteiger partial charge in [-0.2, -0.15) is 0 Å². The second-order valence-corrected chi connectivity index (χ2v) is 5.54. The molecule has 0 spiro atoms. The van der Waals surface area contributed by atoms with Gasteiger partial charge in [-0.3, -0.25) is 4.90 Å². The molecule has 0 N–H and O–H groups in total. The maximum atomic E-state index is 5.66. The van der Waals surface area contributed by atoms with Gasteiger partial charge in [0.1, 0.15) is 5.82 Å². The highest BCUT2D eigenvalue weighted by molar-refractivity contribution is 5.42. The summed E-state index contributed by atoms with van der Waals surface area (Å²) in [7, 11) is 0. The lowest BCUT2D eigenvalue weighted by atomic mass is 10.3. The molecule has 0 amide bonds. The van der Waals surface area contributed by atoms with Gasteiger partial charge in [-0.05, 0) is 26.0 Å². The van der Waals surface area contributed by atoms with Gasteiger partial charge in [-0.15, -0.1) is 10.2 Å². The maximum Gasteiger partial charge on any atom is 0.283 e. The highest BCUT2D eigenvalue weighted by atomic mass is 16.4. The summed E-state index contributed by atoms with van der Waals surface area (Å²) in [6, 6.07) is 3.61. The van der Waals surface area contributed by atoms with Gasteiger partial charge in [0.25, 0.3) is 5.89 Å². The fourth-order valence-corrected chi connectivity index (χ4v) is 2.81. The van der Waals surface area contributed by atoms with Crippen molar-refractivity contribution in [2.75, 3.05) is 6.54 Å². The average Bonchev–Trinajstić information content (AvgIpc) is 3.21. The summed E-state index contributed by atoms with van der Waals surface area (Å²) in [5.41, 5.74) is 2.36. The van der Waals surface area contributed by atoms with Crippen LogP contribution in [0.4, 0.5) is 0 Å². The molecular weight excluding hydrogens is 282 g/mol. The Balaban J connectivity index is 1.48. The molecule has 0 bridgehead atoms. The van der Waals surface area contributed by atoms with Crippen LogP contribution in [0.5, 0.6) is 0 Å². The molecule has 0 aliphatic carbocycles. The van der Waals surface area contributed by atoms with Crippen LogP contribution in [0.2, 0.25) is 0 Å². The number of fused-ring (bicyclic) bond motifs is 1. The van der Waals surface area contributed by atoms with Crippen LogP contribution in [0.25, 0.3) is 11.7 Å². The third-order valence-electron chi connectivity index (χ3n) is 4.10. The average molecular weight is 299 g/mol. The minimum Gasteiger partial charge on any atom is -0.459 e. The fourth-order valence-electron chi connectivity index (χ4n) is 2.81. The molecule has 0 saturated heterocycles. The normalized spacial score (nSPS) is 15.2. The van der Waals surface area contributed by atoms with Gasteiger partial charge in [0.15, 0.2) is 5.76 Å². The number of nitrogens with zero attached hydrogens (tertiary/aromatic N) is 5. The summed E-state index contributed by atoms with van der Waals surface area (Å²) in [6.45, 7) is 7.49. The number of aryl methyl sites for hydroxylation is 1. The third-order valence-corrected chi connectivity index (χ3v) is 4.10. The number of aromatic nitrogens is 4. The first kappa shape index (κ1) is 13.3. The number of furan rings is 1. The van der Waals surface area contributed by atoms with Crippen LogP contribution in [0.1, 0.15) is 23.1 Å². The largest absolute Gasteiger partial charge is 0.459 e. The molecule has 0 unspecified atom stereocenters. The van der Waals surface area contributed by atoms with Gasteiger partial charge >= 0.3 is 0 Å². The lowest BCUT2D eigenvalue weighted by Gasteiger charge is -2.26. The molecule has 0 saturated carbocycles. The molecule has 4 heterocycles. The predicted octanol–water partition coefficient (Wildman–Crippen LogP) is 2.16. The van der Waals surface area contributed by atoms with Gasteiger partial charge in [-0.25, -0.2) is 4.98 Å². The minimum absolute atomic E-state index is 0.421. The quantitative estimate of drug-likeness (QED) is 0.738. The lowest BCUT2D eigenvalue weighted by Crippen LogP contribution is -2.33. The van der Waals surface area contributed by atoms with E-state index < -0.39 is 0 Å². The molecular formula is C15H17N5O2. The SMILES string of the molecule is Cc1nc2n(c1C)CCN(Cc1nnc(-c3ccco3)o1)C2. The second kappa shape index (κ2) is 5.10. The predicted molar refractivity (Wildman–Crippen MR) is 77.8 cm³/mol. The van der Waals surface area contributed by atoms with Crippen molar-refractivity contribution in [1.82, 2.24) is 24.6 Å². The van der Waals surface area contributed by atoms with E-state index in [4.69, 9.17) is 8.83 Å². The van der Waals surface area contributed by atoms with Crippen LogP contribution in [-0.4, -0.2) is 31.2 Å². The van der Waals surface area contributed by atoms with E-state index in [9.17, 15) is 0 Å². The molecule has 0 radical (unpaired) electrons. The van der Waals surface area contributed by atoms with Gasteiger partial charge in [0.05, 0.1) is 25.0 Å². The van der Waals surface area contributed by atoms with Crippen LogP contribution in [-0.2, 0) is 19.6 Å². The Hall–Kier alpha value is -2.41. The highest BCUT2D eigenvalue weighted by Gasteiger charge is 2.22. The van der Waals surface area contributed by atoms with Gasteiger partial charge < -0.3 is 13.4 Å². The molecule has 7 nitrogen and oxygen atoms in total. The van der Waals surface area contributed by atoms with Crippen LogP contribution in [0.3, 0.4) is 0 Å². The summed E-state index contributed by atoms with van der Waals surface area (Å²) in [6.07, 6.45) is 1.59. The number of imidazole rings is 1. The molecule has 0 fully saturated rings. The maximum absolute atomic E-state index is 5.66. The number of rotatable bonds is 3. The number of hydrogen-bond acceptors (Lipinski definition) is 6. The molecule has 3 aromatic rings. The van der Waals surface area contributed by atoms with E-state index in [-0.39, 0.29) is 0 Å². The van der Waals surface area contributed by atoms with Gasteiger partial charge in [0.2, 0.25) is 5.89 Å². The molecule has 1 aliphatic rings. The van der Waals surface area contributed by atoms with E-state index in [0.29, 0.717) is 24.1 Å². The smallest absolute Gasteiger partial charge is 0.283 e. The minimum atomic E-state index is 0.421. The highest BCUT2D eigenvalue weighted by Crippen LogP contribution is 2.21. The molecule has 0 aromatic carbocycles. The Labute approximate surface area is 127 Å². The Morgan fingerprint density at radius 3 is 2.95 bits per heavy atom. The van der Waals surface area contributed by atoms with Crippen LogP contribution >= 0.6 is 0 Å². The van der Waals surface area contributed by atoms with E-state index >= 15 is 0 Å². The van der Waals surface area contributed by atoms with Crippen molar-refractivity contribution in [3.63, 3.8) is 0 Å².